The Hall–Kier alpha value is -1.60. The van der Waals surface area contributed by atoms with E-state index in [0.717, 1.165) is 0 Å². The van der Waals surface area contributed by atoms with Gasteiger partial charge >= 0.3 is 0 Å². The molecule has 1 fully saturated rings. The van der Waals surface area contributed by atoms with Crippen LogP contribution in [0.4, 0.5) is 0 Å². The zero-order chi connectivity index (χ0) is 23.4. The minimum absolute atomic E-state index is 0.000382. The molecular weight excluding hydrogens is 503 g/mol. The summed E-state index contributed by atoms with van der Waals surface area (Å²) in [6, 6.07) is 8.63. The van der Waals surface area contributed by atoms with Crippen molar-refractivity contribution in [2.24, 2.45) is 0 Å². The average Bonchev–Trinajstić information content (AvgIpc) is 2.79. The van der Waals surface area contributed by atoms with Crippen LogP contribution in [0.25, 0.3) is 0 Å². The van der Waals surface area contributed by atoms with Gasteiger partial charge in [0, 0.05) is 19.6 Å². The molecule has 0 saturated carbocycles. The fourth-order valence-corrected chi connectivity index (χ4v) is 6.21. The zero-order valence-electron chi connectivity index (χ0n) is 17.1. The molecule has 0 spiro atoms. The smallest absolute Gasteiger partial charge is 0.243 e. The highest BCUT2D eigenvalue weighted by molar-refractivity contribution is 7.89. The van der Waals surface area contributed by atoms with E-state index < -0.39 is 20.0 Å². The number of nitrogens with one attached hydrogen (secondary N) is 1. The SMILES string of the molecule is COc1ccc(S(=O)(=O)NCCOc2ccc(S(=O)(=O)N3CCOCC3)cc2)c(Cl)c1Cl. The number of sulfonamides is 2. The van der Waals surface area contributed by atoms with Crippen molar-refractivity contribution >= 4 is 43.2 Å². The standard InChI is InChI=1S/C19H22Cl2N2O7S2/c1-28-16-6-7-17(19(21)18(16)20)31(24,25)22-8-11-30-14-2-4-15(5-3-14)32(26,27)23-9-12-29-13-10-23/h2-7,22H,8-13H2,1H3. The van der Waals surface area contributed by atoms with Crippen molar-refractivity contribution in [3.8, 4) is 11.5 Å². The Bertz CT molecular complexity index is 1150. The molecule has 0 unspecified atom stereocenters. The molecule has 2 aromatic rings. The van der Waals surface area contributed by atoms with Gasteiger partial charge in [-0.15, -0.1) is 0 Å². The number of nitrogens with zero attached hydrogens (tertiary/aromatic N) is 1. The van der Waals surface area contributed by atoms with Crippen LogP contribution < -0.4 is 14.2 Å². The van der Waals surface area contributed by atoms with Crippen molar-refractivity contribution in [1.29, 1.82) is 0 Å². The molecule has 176 valence electrons. The van der Waals surface area contributed by atoms with Gasteiger partial charge in [0.2, 0.25) is 20.0 Å². The molecule has 1 aliphatic rings. The lowest BCUT2D eigenvalue weighted by Gasteiger charge is -2.26. The Morgan fingerprint density at radius 1 is 1.00 bits per heavy atom. The second-order valence-electron chi connectivity index (χ2n) is 6.63. The monoisotopic (exact) mass is 524 g/mol. The lowest BCUT2D eigenvalue weighted by atomic mass is 10.3. The van der Waals surface area contributed by atoms with Crippen LogP contribution in [0.5, 0.6) is 11.5 Å². The van der Waals surface area contributed by atoms with E-state index in [2.05, 4.69) is 4.72 Å². The number of rotatable bonds is 9. The minimum atomic E-state index is -3.93. The second-order valence-corrected chi connectivity index (χ2v) is 11.1. The van der Waals surface area contributed by atoms with Gasteiger partial charge in [0.15, 0.2) is 0 Å². The predicted molar refractivity (Wildman–Crippen MR) is 120 cm³/mol. The van der Waals surface area contributed by atoms with Crippen molar-refractivity contribution in [3.05, 3.63) is 46.4 Å². The average molecular weight is 525 g/mol. The third-order valence-corrected chi connectivity index (χ3v) is 9.01. The Balaban J connectivity index is 1.56. The van der Waals surface area contributed by atoms with E-state index in [4.69, 9.17) is 37.4 Å². The summed E-state index contributed by atoms with van der Waals surface area (Å²) in [6.07, 6.45) is 0. The van der Waals surface area contributed by atoms with Crippen molar-refractivity contribution in [1.82, 2.24) is 9.03 Å². The molecule has 9 nitrogen and oxygen atoms in total. The Morgan fingerprint density at radius 3 is 2.28 bits per heavy atom. The van der Waals surface area contributed by atoms with Gasteiger partial charge in [-0.25, -0.2) is 21.6 Å². The van der Waals surface area contributed by atoms with E-state index in [9.17, 15) is 16.8 Å². The highest BCUT2D eigenvalue weighted by atomic mass is 35.5. The van der Waals surface area contributed by atoms with Gasteiger partial charge in [0.05, 0.1) is 30.2 Å². The van der Waals surface area contributed by atoms with E-state index in [-0.39, 0.29) is 38.7 Å². The first-order valence-corrected chi connectivity index (χ1v) is 13.2. The molecule has 1 saturated heterocycles. The van der Waals surface area contributed by atoms with Crippen LogP contribution in [0.3, 0.4) is 0 Å². The second kappa shape index (κ2) is 10.6. The summed E-state index contributed by atoms with van der Waals surface area (Å²) in [7, 11) is -6.13. The summed E-state index contributed by atoms with van der Waals surface area (Å²) in [6.45, 7) is 1.31. The first-order valence-electron chi connectivity index (χ1n) is 9.49. The van der Waals surface area contributed by atoms with E-state index in [1.54, 1.807) is 0 Å². The first kappa shape index (κ1) is 25.0. The van der Waals surface area contributed by atoms with Gasteiger partial charge in [-0.3, -0.25) is 0 Å². The highest BCUT2D eigenvalue weighted by Gasteiger charge is 2.26. The van der Waals surface area contributed by atoms with Crippen LogP contribution in [-0.4, -0.2) is 67.7 Å². The molecule has 0 radical (unpaired) electrons. The summed E-state index contributed by atoms with van der Waals surface area (Å²) in [5.74, 6) is 0.661. The van der Waals surface area contributed by atoms with Gasteiger partial charge in [0.25, 0.3) is 0 Å². The number of hydrogen-bond donors (Lipinski definition) is 1. The van der Waals surface area contributed by atoms with E-state index in [1.165, 1.54) is 47.8 Å². The number of ether oxygens (including phenoxy) is 3. The molecule has 1 heterocycles. The van der Waals surface area contributed by atoms with E-state index in [0.29, 0.717) is 32.1 Å². The lowest BCUT2D eigenvalue weighted by Crippen LogP contribution is -2.40. The summed E-state index contributed by atoms with van der Waals surface area (Å²) in [5.41, 5.74) is 0. The molecular formula is C19H22Cl2N2O7S2. The van der Waals surface area contributed by atoms with Crippen molar-refractivity contribution < 1.29 is 31.0 Å². The third kappa shape index (κ3) is 5.66. The maximum absolute atomic E-state index is 12.6. The Morgan fingerprint density at radius 2 is 1.66 bits per heavy atom. The fraction of sp³-hybridized carbons (Fsp3) is 0.368. The normalized spacial score (nSPS) is 15.5. The Labute approximate surface area is 197 Å². The largest absolute Gasteiger partial charge is 0.495 e. The number of benzene rings is 2. The fourth-order valence-electron chi connectivity index (χ4n) is 2.95. The van der Waals surface area contributed by atoms with Gasteiger partial charge in [-0.05, 0) is 36.4 Å². The maximum Gasteiger partial charge on any atom is 0.243 e. The number of methoxy groups -OCH3 is 1. The molecule has 1 N–H and O–H groups in total. The van der Waals surface area contributed by atoms with Crippen molar-refractivity contribution in [2.45, 2.75) is 9.79 Å². The molecule has 1 aliphatic heterocycles. The summed E-state index contributed by atoms with van der Waals surface area (Å²) in [5, 5.41) is -0.142. The predicted octanol–water partition coefficient (Wildman–Crippen LogP) is 2.38. The van der Waals surface area contributed by atoms with Gasteiger partial charge in [-0.2, -0.15) is 4.31 Å². The number of halogens is 2. The van der Waals surface area contributed by atoms with Crippen LogP contribution in [0, 0.1) is 0 Å². The first-order chi connectivity index (χ1) is 15.2. The quantitative estimate of drug-likeness (QED) is 0.501. The summed E-state index contributed by atoms with van der Waals surface area (Å²) < 4.78 is 69.7. The molecule has 3 rings (SSSR count). The van der Waals surface area contributed by atoms with Crippen LogP contribution in [0.2, 0.25) is 10.0 Å². The lowest BCUT2D eigenvalue weighted by molar-refractivity contribution is 0.0730. The van der Waals surface area contributed by atoms with Crippen LogP contribution in [0.1, 0.15) is 0 Å². The molecule has 0 bridgehead atoms. The molecule has 0 aromatic heterocycles. The number of morpholine rings is 1. The van der Waals surface area contributed by atoms with Gasteiger partial charge < -0.3 is 14.2 Å². The van der Waals surface area contributed by atoms with Crippen molar-refractivity contribution in [3.63, 3.8) is 0 Å². The molecule has 0 amide bonds. The molecule has 0 atom stereocenters. The maximum atomic E-state index is 12.6. The topological polar surface area (TPSA) is 111 Å². The summed E-state index contributed by atoms with van der Waals surface area (Å²) >= 11 is 12.1. The molecule has 32 heavy (non-hydrogen) atoms. The minimum Gasteiger partial charge on any atom is -0.495 e. The van der Waals surface area contributed by atoms with Crippen LogP contribution in [-0.2, 0) is 24.8 Å². The molecule has 0 aliphatic carbocycles. The molecule has 2 aromatic carbocycles. The Kier molecular flexibility index (Phi) is 8.26. The van der Waals surface area contributed by atoms with Crippen molar-refractivity contribution in [2.75, 3.05) is 46.6 Å². The third-order valence-electron chi connectivity index (χ3n) is 4.62. The number of hydrogen-bond acceptors (Lipinski definition) is 7. The van der Waals surface area contributed by atoms with Crippen LogP contribution >= 0.6 is 23.2 Å². The molecule has 13 heteroatoms. The van der Waals surface area contributed by atoms with Gasteiger partial charge in [0.1, 0.15) is 28.0 Å². The summed E-state index contributed by atoms with van der Waals surface area (Å²) in [4.78, 5) is -0.0267. The van der Waals surface area contributed by atoms with Crippen LogP contribution in [0.15, 0.2) is 46.2 Å². The van der Waals surface area contributed by atoms with Gasteiger partial charge in [-0.1, -0.05) is 23.2 Å². The highest BCUT2D eigenvalue weighted by Crippen LogP contribution is 2.36. The zero-order valence-corrected chi connectivity index (χ0v) is 20.2. The van der Waals surface area contributed by atoms with E-state index in [1.807, 2.05) is 0 Å². The van der Waals surface area contributed by atoms with E-state index >= 15 is 0 Å².